The molecule has 1 unspecified atom stereocenters. The van der Waals surface area contributed by atoms with Crippen molar-refractivity contribution in [1.29, 1.82) is 0 Å². The zero-order valence-corrected chi connectivity index (χ0v) is 17.6. The Balaban J connectivity index is 1.74. The fourth-order valence-corrected chi connectivity index (χ4v) is 4.15. The standard InChI is InChI=1S/C22H28N2O3S/c1-4-21(19-10-9-16-7-5-6-8-18(16)15-19)23-22(25)17-11-13-20(14-12-17)24(2)28(3,26)27/h9-15,21H,4-8H2,1-3H3,(H,23,25). The Kier molecular flexibility index (Phi) is 6.08. The van der Waals surface area contributed by atoms with Crippen LogP contribution in [-0.4, -0.2) is 27.6 Å². The molecule has 1 atom stereocenters. The van der Waals surface area contributed by atoms with Gasteiger partial charge in [-0.05, 0) is 73.1 Å². The zero-order valence-electron chi connectivity index (χ0n) is 16.7. The summed E-state index contributed by atoms with van der Waals surface area (Å²) in [5, 5.41) is 3.11. The second-order valence-corrected chi connectivity index (χ2v) is 9.46. The van der Waals surface area contributed by atoms with Crippen molar-refractivity contribution in [2.75, 3.05) is 17.6 Å². The lowest BCUT2D eigenvalue weighted by atomic mass is 9.88. The van der Waals surface area contributed by atoms with Gasteiger partial charge < -0.3 is 5.32 Å². The van der Waals surface area contributed by atoms with Gasteiger partial charge in [-0.25, -0.2) is 8.42 Å². The van der Waals surface area contributed by atoms with Gasteiger partial charge in [0.25, 0.3) is 5.91 Å². The van der Waals surface area contributed by atoms with Crippen LogP contribution in [-0.2, 0) is 22.9 Å². The fourth-order valence-electron chi connectivity index (χ4n) is 3.65. The maximum absolute atomic E-state index is 12.7. The number of aryl methyl sites for hydroxylation is 2. The lowest BCUT2D eigenvalue weighted by molar-refractivity contribution is 0.0935. The molecular weight excluding hydrogens is 372 g/mol. The maximum atomic E-state index is 12.7. The van der Waals surface area contributed by atoms with Crippen LogP contribution < -0.4 is 9.62 Å². The molecule has 28 heavy (non-hydrogen) atoms. The molecule has 0 saturated carbocycles. The van der Waals surface area contributed by atoms with Crippen molar-refractivity contribution in [2.24, 2.45) is 0 Å². The second-order valence-electron chi connectivity index (χ2n) is 7.45. The summed E-state index contributed by atoms with van der Waals surface area (Å²) in [5.41, 5.74) is 5.03. The smallest absolute Gasteiger partial charge is 0.251 e. The maximum Gasteiger partial charge on any atom is 0.251 e. The first kappa shape index (κ1) is 20.4. The molecule has 0 heterocycles. The highest BCUT2D eigenvalue weighted by atomic mass is 32.2. The predicted octanol–water partition coefficient (Wildman–Crippen LogP) is 3.84. The monoisotopic (exact) mass is 400 g/mol. The first-order valence-corrected chi connectivity index (χ1v) is 11.6. The summed E-state index contributed by atoms with van der Waals surface area (Å²) < 4.78 is 24.5. The molecule has 0 bridgehead atoms. The van der Waals surface area contributed by atoms with Crippen LogP contribution in [0.25, 0.3) is 0 Å². The summed E-state index contributed by atoms with van der Waals surface area (Å²) in [5.74, 6) is -0.155. The molecule has 150 valence electrons. The minimum atomic E-state index is -3.32. The largest absolute Gasteiger partial charge is 0.345 e. The highest BCUT2D eigenvalue weighted by Gasteiger charge is 2.18. The average Bonchev–Trinajstić information content (AvgIpc) is 2.70. The first-order valence-electron chi connectivity index (χ1n) is 9.76. The quantitative estimate of drug-likeness (QED) is 0.801. The Labute approximate surface area is 167 Å². The number of nitrogens with zero attached hydrogens (tertiary/aromatic N) is 1. The van der Waals surface area contributed by atoms with Gasteiger partial charge in [-0.3, -0.25) is 9.10 Å². The first-order chi connectivity index (χ1) is 13.3. The molecule has 6 heteroatoms. The van der Waals surface area contributed by atoms with E-state index in [-0.39, 0.29) is 11.9 Å². The number of nitrogens with one attached hydrogen (secondary N) is 1. The summed E-state index contributed by atoms with van der Waals surface area (Å²) in [6.45, 7) is 2.06. The van der Waals surface area contributed by atoms with Gasteiger partial charge in [0.1, 0.15) is 0 Å². The molecular formula is C22H28N2O3S. The molecule has 2 aromatic rings. The zero-order chi connectivity index (χ0) is 20.3. The number of benzene rings is 2. The van der Waals surface area contributed by atoms with Gasteiger partial charge in [-0.15, -0.1) is 0 Å². The molecule has 1 aliphatic rings. The second kappa shape index (κ2) is 8.35. The van der Waals surface area contributed by atoms with E-state index in [1.165, 1.54) is 35.3 Å². The Morgan fingerprint density at radius 2 is 1.71 bits per heavy atom. The van der Waals surface area contributed by atoms with Gasteiger partial charge in [0.05, 0.1) is 18.0 Å². The van der Waals surface area contributed by atoms with Gasteiger partial charge in [0.2, 0.25) is 10.0 Å². The van der Waals surface area contributed by atoms with Gasteiger partial charge in [-0.2, -0.15) is 0 Å². The molecule has 0 saturated heterocycles. The fraction of sp³-hybridized carbons (Fsp3) is 0.409. The molecule has 0 aromatic heterocycles. The summed E-state index contributed by atoms with van der Waals surface area (Å²) in [6.07, 6.45) is 6.70. The van der Waals surface area contributed by atoms with Crippen molar-refractivity contribution in [3.63, 3.8) is 0 Å². The van der Waals surface area contributed by atoms with Gasteiger partial charge in [-0.1, -0.05) is 25.1 Å². The number of anilines is 1. The molecule has 1 amide bonds. The Morgan fingerprint density at radius 3 is 2.32 bits per heavy atom. The minimum absolute atomic E-state index is 0.0434. The summed E-state index contributed by atoms with van der Waals surface area (Å²) in [6, 6.07) is 13.1. The Bertz CT molecular complexity index is 952. The van der Waals surface area contributed by atoms with Crippen molar-refractivity contribution in [2.45, 2.75) is 45.1 Å². The number of hydrogen-bond donors (Lipinski definition) is 1. The topological polar surface area (TPSA) is 66.5 Å². The molecule has 1 aliphatic carbocycles. The molecule has 0 fully saturated rings. The predicted molar refractivity (Wildman–Crippen MR) is 113 cm³/mol. The highest BCUT2D eigenvalue weighted by molar-refractivity contribution is 7.92. The lowest BCUT2D eigenvalue weighted by Gasteiger charge is -2.22. The van der Waals surface area contributed by atoms with Crippen LogP contribution in [0.2, 0.25) is 0 Å². The van der Waals surface area contributed by atoms with Crippen LogP contribution in [0.15, 0.2) is 42.5 Å². The third-order valence-electron chi connectivity index (χ3n) is 5.48. The highest BCUT2D eigenvalue weighted by Crippen LogP contribution is 2.26. The van der Waals surface area contributed by atoms with Gasteiger partial charge in [0, 0.05) is 12.6 Å². The van der Waals surface area contributed by atoms with E-state index in [1.54, 1.807) is 24.3 Å². The molecule has 5 nitrogen and oxygen atoms in total. The number of rotatable bonds is 6. The summed E-state index contributed by atoms with van der Waals surface area (Å²) in [4.78, 5) is 12.7. The van der Waals surface area contributed by atoms with Crippen LogP contribution in [0.4, 0.5) is 5.69 Å². The van der Waals surface area contributed by atoms with Crippen molar-refractivity contribution in [3.8, 4) is 0 Å². The third-order valence-corrected chi connectivity index (χ3v) is 6.68. The normalized spacial score (nSPS) is 14.8. The molecule has 2 aromatic carbocycles. The van der Waals surface area contributed by atoms with Crippen molar-refractivity contribution < 1.29 is 13.2 Å². The molecule has 3 rings (SSSR count). The van der Waals surface area contributed by atoms with Crippen LogP contribution in [0.1, 0.15) is 59.3 Å². The van der Waals surface area contributed by atoms with Crippen molar-refractivity contribution in [1.82, 2.24) is 5.32 Å². The summed E-state index contributed by atoms with van der Waals surface area (Å²) in [7, 11) is -1.83. The van der Waals surface area contributed by atoms with Crippen molar-refractivity contribution >= 4 is 21.6 Å². The van der Waals surface area contributed by atoms with Gasteiger partial charge in [0.15, 0.2) is 0 Å². The number of carbonyl (C=O) groups is 1. The number of fused-ring (bicyclic) bond motifs is 1. The molecule has 0 spiro atoms. The number of amides is 1. The van der Waals surface area contributed by atoms with E-state index in [4.69, 9.17) is 0 Å². The Morgan fingerprint density at radius 1 is 1.07 bits per heavy atom. The summed E-state index contributed by atoms with van der Waals surface area (Å²) >= 11 is 0. The minimum Gasteiger partial charge on any atom is -0.345 e. The van der Waals surface area contributed by atoms with E-state index < -0.39 is 10.0 Å². The van der Waals surface area contributed by atoms with E-state index in [0.717, 1.165) is 31.1 Å². The SMILES string of the molecule is CCC(NC(=O)c1ccc(N(C)S(C)(=O)=O)cc1)c1ccc2c(c1)CCCC2. The van der Waals surface area contributed by atoms with E-state index in [0.29, 0.717) is 11.3 Å². The third kappa shape index (κ3) is 4.55. The number of sulfonamides is 1. The average molecular weight is 401 g/mol. The van der Waals surface area contributed by atoms with E-state index >= 15 is 0 Å². The van der Waals surface area contributed by atoms with E-state index in [1.807, 2.05) is 0 Å². The molecule has 1 N–H and O–H groups in total. The van der Waals surface area contributed by atoms with Crippen LogP contribution in [0.5, 0.6) is 0 Å². The number of hydrogen-bond acceptors (Lipinski definition) is 3. The molecule has 0 radical (unpaired) electrons. The van der Waals surface area contributed by atoms with E-state index in [9.17, 15) is 13.2 Å². The van der Waals surface area contributed by atoms with E-state index in [2.05, 4.69) is 30.4 Å². The van der Waals surface area contributed by atoms with Gasteiger partial charge >= 0.3 is 0 Å². The lowest BCUT2D eigenvalue weighted by Crippen LogP contribution is -2.28. The molecule has 0 aliphatic heterocycles. The number of carbonyl (C=O) groups excluding carboxylic acids is 1. The van der Waals surface area contributed by atoms with Crippen LogP contribution >= 0.6 is 0 Å². The van der Waals surface area contributed by atoms with Crippen LogP contribution in [0.3, 0.4) is 0 Å². The van der Waals surface area contributed by atoms with Crippen LogP contribution in [0, 0.1) is 0 Å². The Hall–Kier alpha value is -2.34. The van der Waals surface area contributed by atoms with Crippen molar-refractivity contribution in [3.05, 3.63) is 64.7 Å².